The van der Waals surface area contributed by atoms with Gasteiger partial charge in [0.25, 0.3) is 6.08 Å². The highest BCUT2D eigenvalue weighted by atomic mass is 19.3. The van der Waals surface area contributed by atoms with Crippen molar-refractivity contribution in [2.75, 3.05) is 0 Å². The standard InChI is InChI=1S/C9H5F2N/c10-9(11)8-5-6-3-1-2-4-7(6)12-8/h1-5H. The van der Waals surface area contributed by atoms with Crippen LogP contribution >= 0.6 is 0 Å². The molecule has 3 heteroatoms. The van der Waals surface area contributed by atoms with E-state index >= 15 is 0 Å². The van der Waals surface area contributed by atoms with Gasteiger partial charge in [0.05, 0.1) is 5.36 Å². The summed E-state index contributed by atoms with van der Waals surface area (Å²) in [6, 6.07) is 7.04. The lowest BCUT2D eigenvalue weighted by Crippen LogP contribution is -2.19. The minimum absolute atomic E-state index is 0.226. The second-order valence-electron chi connectivity index (χ2n) is 2.46. The maximum Gasteiger partial charge on any atom is 0.295 e. The molecule has 0 aromatic heterocycles. The highest BCUT2D eigenvalue weighted by molar-refractivity contribution is 5.49. The summed E-state index contributed by atoms with van der Waals surface area (Å²) >= 11 is 0. The van der Waals surface area contributed by atoms with Gasteiger partial charge in [-0.25, -0.2) is 4.99 Å². The quantitative estimate of drug-likeness (QED) is 0.548. The lowest BCUT2D eigenvalue weighted by Gasteiger charge is -1.81. The number of allylic oxidation sites excluding steroid dienone is 1. The van der Waals surface area contributed by atoms with Gasteiger partial charge in [-0.2, -0.15) is 8.78 Å². The first-order valence-electron chi connectivity index (χ1n) is 3.48. The molecule has 1 aliphatic heterocycles. The van der Waals surface area contributed by atoms with E-state index in [2.05, 4.69) is 4.99 Å². The van der Waals surface area contributed by atoms with Crippen LogP contribution in [0.1, 0.15) is 0 Å². The zero-order chi connectivity index (χ0) is 8.55. The largest absolute Gasteiger partial charge is 0.295 e. The summed E-state index contributed by atoms with van der Waals surface area (Å²) in [4.78, 5) is 3.73. The van der Waals surface area contributed by atoms with Crippen molar-refractivity contribution in [3.8, 4) is 0 Å². The molecule has 1 aromatic carbocycles. The molecule has 0 saturated heterocycles. The average molecular weight is 165 g/mol. The summed E-state index contributed by atoms with van der Waals surface area (Å²) < 4.78 is 24.1. The van der Waals surface area contributed by atoms with Crippen LogP contribution in [0, 0.1) is 0 Å². The lowest BCUT2D eigenvalue weighted by atomic mass is 10.3. The van der Waals surface area contributed by atoms with Crippen LogP contribution in [-0.2, 0) is 0 Å². The first-order chi connectivity index (χ1) is 5.77. The summed E-state index contributed by atoms with van der Waals surface area (Å²) in [6.45, 7) is 0. The highest BCUT2D eigenvalue weighted by Crippen LogP contribution is 2.10. The smallest absolute Gasteiger partial charge is 0.243 e. The number of benzene rings is 1. The Hall–Kier alpha value is -1.51. The van der Waals surface area contributed by atoms with Crippen LogP contribution in [0.2, 0.25) is 0 Å². The Balaban J connectivity index is 2.77. The Labute approximate surface area is 67.4 Å². The summed E-state index contributed by atoms with van der Waals surface area (Å²) in [5, 5.41) is 1.36. The SMILES string of the molecule is FC(F)=C1C=c2ccccc2=N1. The molecule has 0 N–H and O–H groups in total. The molecule has 0 spiro atoms. The number of rotatable bonds is 0. The summed E-state index contributed by atoms with van der Waals surface area (Å²) in [5.74, 6) is 0. The zero-order valence-corrected chi connectivity index (χ0v) is 6.09. The summed E-state index contributed by atoms with van der Waals surface area (Å²) in [7, 11) is 0. The van der Waals surface area contributed by atoms with E-state index < -0.39 is 6.08 Å². The van der Waals surface area contributed by atoms with E-state index in [0.717, 1.165) is 5.22 Å². The van der Waals surface area contributed by atoms with Crippen molar-refractivity contribution in [3.05, 3.63) is 46.6 Å². The predicted octanol–water partition coefficient (Wildman–Crippen LogP) is 1.21. The van der Waals surface area contributed by atoms with E-state index in [1.165, 1.54) is 6.08 Å². The van der Waals surface area contributed by atoms with Gasteiger partial charge < -0.3 is 0 Å². The van der Waals surface area contributed by atoms with Crippen LogP contribution in [-0.4, -0.2) is 0 Å². The molecule has 0 fully saturated rings. The summed E-state index contributed by atoms with van der Waals surface area (Å²) in [5.41, 5.74) is -0.226. The van der Waals surface area contributed by atoms with Gasteiger partial charge in [0.2, 0.25) is 0 Å². The first kappa shape index (κ1) is 7.16. The van der Waals surface area contributed by atoms with E-state index in [0.29, 0.717) is 5.36 Å². The van der Waals surface area contributed by atoms with Crippen LogP contribution in [0.25, 0.3) is 6.08 Å². The fraction of sp³-hybridized carbons (Fsp3) is 0. The minimum Gasteiger partial charge on any atom is -0.243 e. The van der Waals surface area contributed by atoms with E-state index in [1.54, 1.807) is 24.3 Å². The van der Waals surface area contributed by atoms with Crippen LogP contribution in [0.5, 0.6) is 0 Å². The van der Waals surface area contributed by atoms with E-state index in [4.69, 9.17) is 0 Å². The monoisotopic (exact) mass is 165 g/mol. The molecule has 0 amide bonds. The van der Waals surface area contributed by atoms with Crippen molar-refractivity contribution in [1.82, 2.24) is 0 Å². The van der Waals surface area contributed by atoms with Crippen molar-refractivity contribution in [2.24, 2.45) is 4.99 Å². The topological polar surface area (TPSA) is 12.4 Å². The fourth-order valence-electron chi connectivity index (χ4n) is 1.12. The van der Waals surface area contributed by atoms with Gasteiger partial charge in [-0.3, -0.25) is 0 Å². The summed E-state index contributed by atoms with van der Waals surface area (Å²) in [6.07, 6.45) is -0.351. The van der Waals surface area contributed by atoms with Crippen LogP contribution < -0.4 is 10.6 Å². The molecule has 0 radical (unpaired) electrons. The molecule has 12 heavy (non-hydrogen) atoms. The fourth-order valence-corrected chi connectivity index (χ4v) is 1.12. The zero-order valence-electron chi connectivity index (χ0n) is 6.09. The van der Waals surface area contributed by atoms with Crippen molar-refractivity contribution >= 4 is 6.08 Å². The third kappa shape index (κ3) is 1.03. The van der Waals surface area contributed by atoms with Gasteiger partial charge in [0.1, 0.15) is 5.70 Å². The molecule has 0 saturated carbocycles. The molecule has 1 aromatic rings. The second-order valence-corrected chi connectivity index (χ2v) is 2.46. The van der Waals surface area contributed by atoms with E-state index in [1.807, 2.05) is 0 Å². The van der Waals surface area contributed by atoms with Crippen LogP contribution in [0.3, 0.4) is 0 Å². The Morgan fingerprint density at radius 3 is 2.58 bits per heavy atom. The number of para-hydroxylation sites is 1. The van der Waals surface area contributed by atoms with Gasteiger partial charge in [-0.1, -0.05) is 18.2 Å². The number of nitrogens with zero attached hydrogens (tertiary/aromatic N) is 1. The minimum atomic E-state index is -1.73. The average Bonchev–Trinajstić information content (AvgIpc) is 2.46. The van der Waals surface area contributed by atoms with Crippen molar-refractivity contribution in [2.45, 2.75) is 0 Å². The Morgan fingerprint density at radius 1 is 1.17 bits per heavy atom. The molecule has 0 unspecified atom stereocenters. The van der Waals surface area contributed by atoms with Gasteiger partial charge >= 0.3 is 0 Å². The molecular formula is C9H5F2N. The second kappa shape index (κ2) is 2.52. The van der Waals surface area contributed by atoms with Gasteiger partial charge in [0, 0.05) is 5.22 Å². The van der Waals surface area contributed by atoms with Crippen LogP contribution in [0.4, 0.5) is 8.78 Å². The molecule has 0 atom stereocenters. The number of halogens is 2. The third-order valence-electron chi connectivity index (χ3n) is 1.66. The van der Waals surface area contributed by atoms with Gasteiger partial charge in [-0.05, 0) is 12.1 Å². The molecule has 0 aliphatic carbocycles. The number of hydrogen-bond acceptors (Lipinski definition) is 1. The molecule has 0 bridgehead atoms. The molecule has 1 nitrogen and oxygen atoms in total. The maximum absolute atomic E-state index is 12.1. The first-order valence-corrected chi connectivity index (χ1v) is 3.48. The molecule has 60 valence electrons. The van der Waals surface area contributed by atoms with Crippen LogP contribution in [0.15, 0.2) is 41.0 Å². The predicted molar refractivity (Wildman–Crippen MR) is 40.9 cm³/mol. The van der Waals surface area contributed by atoms with E-state index in [9.17, 15) is 8.78 Å². The maximum atomic E-state index is 12.1. The van der Waals surface area contributed by atoms with Crippen molar-refractivity contribution in [3.63, 3.8) is 0 Å². The Bertz CT molecular complexity index is 419. The normalized spacial score (nSPS) is 13.3. The molecular weight excluding hydrogens is 160 g/mol. The van der Waals surface area contributed by atoms with E-state index in [-0.39, 0.29) is 5.70 Å². The Morgan fingerprint density at radius 2 is 1.92 bits per heavy atom. The lowest BCUT2D eigenvalue weighted by molar-refractivity contribution is 0.415. The number of hydrogen-bond donors (Lipinski definition) is 0. The van der Waals surface area contributed by atoms with Crippen molar-refractivity contribution < 1.29 is 8.78 Å². The van der Waals surface area contributed by atoms with Gasteiger partial charge in [0.15, 0.2) is 0 Å². The molecule has 1 heterocycles. The van der Waals surface area contributed by atoms with Crippen molar-refractivity contribution in [1.29, 1.82) is 0 Å². The molecule has 1 aliphatic rings. The molecule has 2 rings (SSSR count). The van der Waals surface area contributed by atoms with Gasteiger partial charge in [-0.15, -0.1) is 0 Å². The highest BCUT2D eigenvalue weighted by Gasteiger charge is 2.05. The number of fused-ring (bicyclic) bond motifs is 1. The third-order valence-corrected chi connectivity index (χ3v) is 1.66. The Kier molecular flexibility index (Phi) is 1.50.